The Bertz CT molecular complexity index is 1460. The van der Waals surface area contributed by atoms with Gasteiger partial charge >= 0.3 is 0 Å². The Kier molecular flexibility index (Phi) is 5.65. The molecular formula is C24H17N3O3S. The number of rotatable bonds is 4. The van der Waals surface area contributed by atoms with Gasteiger partial charge in [-0.25, -0.2) is 0 Å². The zero-order chi connectivity index (χ0) is 21.8. The highest BCUT2D eigenvalue weighted by molar-refractivity contribution is 7.07. The number of aromatic nitrogens is 1. The van der Waals surface area contributed by atoms with Gasteiger partial charge in [-0.3, -0.25) is 14.2 Å². The van der Waals surface area contributed by atoms with E-state index in [2.05, 4.69) is 5.32 Å². The summed E-state index contributed by atoms with van der Waals surface area (Å²) < 4.78 is 7.36. The third kappa shape index (κ3) is 4.10. The standard InChI is InChI=1S/C24H17N3O3S/c1-16-8-5-6-12-20(16)27-23(29)21(14-18-11-7-13-30-18)31-24(27)19(15-25)22(28)26-17-9-3-2-4-10-17/h2-14H,1H3,(H,26,28)/b21-14-,24-19-. The van der Waals surface area contributed by atoms with Crippen molar-refractivity contribution in [3.63, 3.8) is 0 Å². The monoisotopic (exact) mass is 427 g/mol. The lowest BCUT2D eigenvalue weighted by Gasteiger charge is -2.08. The Balaban J connectivity index is 1.99. The number of furan rings is 1. The summed E-state index contributed by atoms with van der Waals surface area (Å²) in [6.07, 6.45) is 3.12. The maximum absolute atomic E-state index is 13.3. The SMILES string of the molecule is Cc1ccccc1-n1c(=O)/c(=C/c2ccco2)s/c1=C(/C#N)C(=O)Nc1ccccc1. The van der Waals surface area contributed by atoms with Crippen LogP contribution in [0.25, 0.3) is 17.3 Å². The fourth-order valence-electron chi connectivity index (χ4n) is 3.10. The van der Waals surface area contributed by atoms with Gasteiger partial charge in [-0.15, -0.1) is 11.3 Å². The number of nitrogens with one attached hydrogen (secondary N) is 1. The first kappa shape index (κ1) is 20.1. The molecule has 0 aliphatic heterocycles. The second-order valence-electron chi connectivity index (χ2n) is 6.67. The van der Waals surface area contributed by atoms with E-state index in [9.17, 15) is 14.9 Å². The van der Waals surface area contributed by atoms with Crippen LogP contribution in [0.1, 0.15) is 11.3 Å². The Labute approximate surface area is 181 Å². The van der Waals surface area contributed by atoms with Crippen LogP contribution >= 0.6 is 11.3 Å². The molecule has 2 aromatic carbocycles. The van der Waals surface area contributed by atoms with Crippen molar-refractivity contribution >= 4 is 34.6 Å². The van der Waals surface area contributed by atoms with E-state index in [-0.39, 0.29) is 15.8 Å². The molecule has 0 saturated heterocycles. The molecule has 0 aliphatic carbocycles. The van der Waals surface area contributed by atoms with Crippen molar-refractivity contribution in [1.29, 1.82) is 5.26 Å². The van der Waals surface area contributed by atoms with Gasteiger partial charge in [0.05, 0.1) is 16.5 Å². The van der Waals surface area contributed by atoms with Crippen LogP contribution < -0.4 is 20.1 Å². The first-order chi connectivity index (χ1) is 15.1. The molecule has 152 valence electrons. The Morgan fingerprint density at radius 3 is 2.52 bits per heavy atom. The molecule has 4 rings (SSSR count). The van der Waals surface area contributed by atoms with Crippen LogP contribution in [0.3, 0.4) is 0 Å². The molecule has 0 saturated carbocycles. The van der Waals surface area contributed by atoms with Gasteiger partial charge in [-0.1, -0.05) is 36.4 Å². The number of para-hydroxylation sites is 2. The first-order valence-corrected chi connectivity index (χ1v) is 10.2. The lowest BCUT2D eigenvalue weighted by molar-refractivity contribution is -0.111. The molecule has 0 unspecified atom stereocenters. The van der Waals surface area contributed by atoms with Crippen LogP contribution in [0.2, 0.25) is 0 Å². The number of hydrogen-bond acceptors (Lipinski definition) is 5. The largest absolute Gasteiger partial charge is 0.465 e. The predicted molar refractivity (Wildman–Crippen MR) is 120 cm³/mol. The third-order valence-electron chi connectivity index (χ3n) is 4.58. The number of thiazole rings is 1. The normalized spacial score (nSPS) is 12.3. The summed E-state index contributed by atoms with van der Waals surface area (Å²) in [5.74, 6) is -0.0732. The summed E-state index contributed by atoms with van der Waals surface area (Å²) >= 11 is 1.07. The molecule has 31 heavy (non-hydrogen) atoms. The van der Waals surface area contributed by atoms with E-state index in [4.69, 9.17) is 4.42 Å². The van der Waals surface area contributed by atoms with E-state index in [0.717, 1.165) is 16.9 Å². The molecule has 6 nitrogen and oxygen atoms in total. The van der Waals surface area contributed by atoms with Crippen molar-refractivity contribution in [2.45, 2.75) is 6.92 Å². The highest BCUT2D eigenvalue weighted by Crippen LogP contribution is 2.12. The van der Waals surface area contributed by atoms with Crippen molar-refractivity contribution < 1.29 is 9.21 Å². The molecule has 0 atom stereocenters. The van der Waals surface area contributed by atoms with E-state index in [1.54, 1.807) is 48.5 Å². The minimum absolute atomic E-state index is 0.145. The first-order valence-electron chi connectivity index (χ1n) is 9.42. The lowest BCUT2D eigenvalue weighted by atomic mass is 10.2. The highest BCUT2D eigenvalue weighted by atomic mass is 32.1. The van der Waals surface area contributed by atoms with Crippen molar-refractivity contribution in [3.8, 4) is 11.8 Å². The summed E-state index contributed by atoms with van der Waals surface area (Å²) in [5.41, 5.74) is 1.54. The van der Waals surface area contributed by atoms with E-state index in [0.29, 0.717) is 21.7 Å². The summed E-state index contributed by atoms with van der Waals surface area (Å²) in [4.78, 5) is 26.3. The topological polar surface area (TPSA) is 88.0 Å². The molecule has 0 bridgehead atoms. The molecule has 2 aromatic heterocycles. The van der Waals surface area contributed by atoms with E-state index in [1.807, 2.05) is 37.3 Å². The zero-order valence-electron chi connectivity index (χ0n) is 16.5. The maximum Gasteiger partial charge on any atom is 0.273 e. The van der Waals surface area contributed by atoms with Crippen LogP contribution in [-0.2, 0) is 4.79 Å². The highest BCUT2D eigenvalue weighted by Gasteiger charge is 2.18. The molecule has 0 fully saturated rings. The molecular weight excluding hydrogens is 410 g/mol. The van der Waals surface area contributed by atoms with Crippen molar-refractivity contribution in [2.24, 2.45) is 0 Å². The fourth-order valence-corrected chi connectivity index (χ4v) is 4.17. The molecule has 0 radical (unpaired) electrons. The molecule has 1 N–H and O–H groups in total. The van der Waals surface area contributed by atoms with E-state index >= 15 is 0 Å². The Morgan fingerprint density at radius 1 is 1.10 bits per heavy atom. The zero-order valence-corrected chi connectivity index (χ0v) is 17.3. The minimum atomic E-state index is -0.582. The minimum Gasteiger partial charge on any atom is -0.465 e. The fraction of sp³-hybridized carbons (Fsp3) is 0.0417. The van der Waals surface area contributed by atoms with E-state index < -0.39 is 5.91 Å². The van der Waals surface area contributed by atoms with E-state index in [1.165, 1.54) is 10.8 Å². The van der Waals surface area contributed by atoms with Gasteiger partial charge in [0.25, 0.3) is 11.5 Å². The number of nitriles is 1. The maximum atomic E-state index is 13.3. The second-order valence-corrected chi connectivity index (χ2v) is 7.70. The molecule has 4 aromatic rings. The average molecular weight is 427 g/mol. The molecule has 1 amide bonds. The van der Waals surface area contributed by atoms with Crippen LogP contribution in [0, 0.1) is 18.3 Å². The molecule has 0 aliphatic rings. The molecule has 7 heteroatoms. The van der Waals surface area contributed by atoms with Gasteiger partial charge < -0.3 is 9.73 Å². The van der Waals surface area contributed by atoms with Gasteiger partial charge in [-0.05, 0) is 42.8 Å². The van der Waals surface area contributed by atoms with Gasteiger partial charge in [0.1, 0.15) is 16.5 Å². The van der Waals surface area contributed by atoms with Crippen molar-refractivity contribution in [3.05, 3.63) is 104 Å². The van der Waals surface area contributed by atoms with Crippen LogP contribution in [-0.4, -0.2) is 10.5 Å². The quantitative estimate of drug-likeness (QED) is 0.542. The number of anilines is 1. The average Bonchev–Trinajstić information content (AvgIpc) is 3.39. The van der Waals surface area contributed by atoms with Crippen LogP contribution in [0.15, 0.2) is 82.2 Å². The Hall–Kier alpha value is -4.15. The molecule has 2 heterocycles. The number of hydrogen-bond donors (Lipinski definition) is 1. The van der Waals surface area contributed by atoms with Gasteiger partial charge in [-0.2, -0.15) is 5.26 Å². The number of carbonyl (C=O) groups excluding carboxylic acids is 1. The number of carbonyl (C=O) groups is 1. The summed E-state index contributed by atoms with van der Waals surface area (Å²) in [7, 11) is 0. The number of benzene rings is 2. The Morgan fingerprint density at radius 2 is 1.84 bits per heavy atom. The number of aryl methyl sites for hydroxylation is 1. The number of nitrogens with zero attached hydrogens (tertiary/aromatic N) is 2. The number of amides is 1. The lowest BCUT2D eigenvalue weighted by Crippen LogP contribution is -2.32. The van der Waals surface area contributed by atoms with Crippen molar-refractivity contribution in [1.82, 2.24) is 4.57 Å². The van der Waals surface area contributed by atoms with Gasteiger partial charge in [0, 0.05) is 11.8 Å². The van der Waals surface area contributed by atoms with Crippen LogP contribution in [0.5, 0.6) is 0 Å². The smallest absolute Gasteiger partial charge is 0.273 e. The summed E-state index contributed by atoms with van der Waals surface area (Å²) in [6, 6.07) is 21.6. The summed E-state index contributed by atoms with van der Waals surface area (Å²) in [6.45, 7) is 1.87. The van der Waals surface area contributed by atoms with Gasteiger partial charge in [0.2, 0.25) is 0 Å². The molecule has 0 spiro atoms. The second kappa shape index (κ2) is 8.69. The predicted octanol–water partition coefficient (Wildman–Crippen LogP) is 2.94. The summed E-state index contributed by atoms with van der Waals surface area (Å²) in [5, 5.41) is 12.6. The van der Waals surface area contributed by atoms with Crippen LogP contribution in [0.4, 0.5) is 5.69 Å². The van der Waals surface area contributed by atoms with Crippen molar-refractivity contribution in [2.75, 3.05) is 5.32 Å². The third-order valence-corrected chi connectivity index (χ3v) is 5.67. The van der Waals surface area contributed by atoms with Gasteiger partial charge in [0.15, 0.2) is 5.57 Å².